The lowest BCUT2D eigenvalue weighted by Crippen LogP contribution is -2.56. The monoisotopic (exact) mass is 495 g/mol. The maximum absolute atomic E-state index is 2.64. The van der Waals surface area contributed by atoms with E-state index in [1.807, 2.05) is 31.9 Å². The molecule has 0 N–H and O–H groups in total. The van der Waals surface area contributed by atoms with Crippen LogP contribution in [0.25, 0.3) is 0 Å². The van der Waals surface area contributed by atoms with Crippen LogP contribution in [0.5, 0.6) is 0 Å². The van der Waals surface area contributed by atoms with Gasteiger partial charge in [-0.25, -0.2) is 0 Å². The fourth-order valence-electron chi connectivity index (χ4n) is 5.00. The molecule has 0 aliphatic heterocycles. The van der Waals surface area contributed by atoms with Gasteiger partial charge in [-0.05, 0) is 5.54 Å². The second-order valence-corrected chi connectivity index (χ2v) is 42.0. The Morgan fingerprint density at radius 3 is 0.828 bits per heavy atom. The van der Waals surface area contributed by atoms with E-state index in [4.69, 9.17) is 0 Å². The standard InChI is InChI=1S/C23H51Si6/c1-24(2)18-19(25(3,4)5)21(27(9,10)11)23(29(15,16)17)22(28(12,13)14)20(18)26(6,7)8/h1-17H3/q+1. The summed E-state index contributed by atoms with van der Waals surface area (Å²) in [5.74, 6) is 0. The molecule has 29 heavy (non-hydrogen) atoms. The molecule has 1 aliphatic rings. The van der Waals surface area contributed by atoms with Gasteiger partial charge in [-0.2, -0.15) is 13.1 Å². The Hall–Kier alpha value is 0.521. The molecule has 0 heterocycles. The summed E-state index contributed by atoms with van der Waals surface area (Å²) in [5, 5.41) is 7.76. The molecule has 0 saturated carbocycles. The molecule has 0 aromatic carbocycles. The van der Waals surface area contributed by atoms with Crippen LogP contribution in [0.1, 0.15) is 0 Å². The lowest BCUT2D eigenvalue weighted by molar-refractivity contribution is 1.21. The van der Waals surface area contributed by atoms with Crippen molar-refractivity contribution < 1.29 is 0 Å². The molecule has 0 nitrogen and oxygen atoms in total. The van der Waals surface area contributed by atoms with E-state index in [0.29, 0.717) is 0 Å². The summed E-state index contributed by atoms with van der Waals surface area (Å²) in [6, 6.07) is 0. The molecular weight excluding hydrogens is 445 g/mol. The van der Waals surface area contributed by atoms with Crippen LogP contribution in [-0.2, 0) is 0 Å². The van der Waals surface area contributed by atoms with Crippen LogP contribution in [0.4, 0.5) is 0 Å². The number of allylic oxidation sites excluding steroid dienone is 4. The van der Waals surface area contributed by atoms with E-state index in [1.54, 1.807) is 0 Å². The Labute approximate surface area is 191 Å². The summed E-state index contributed by atoms with van der Waals surface area (Å²) < 4.78 is 0. The minimum atomic E-state index is -1.49. The summed E-state index contributed by atoms with van der Waals surface area (Å²) in [6.07, 6.45) is 0. The lowest BCUT2D eigenvalue weighted by Gasteiger charge is -2.45. The minimum absolute atomic E-state index is 0.532. The van der Waals surface area contributed by atoms with Crippen LogP contribution in [0.3, 0.4) is 0 Å². The highest BCUT2D eigenvalue weighted by molar-refractivity contribution is 7.01. The van der Waals surface area contributed by atoms with E-state index >= 15 is 0 Å². The van der Waals surface area contributed by atoms with Gasteiger partial charge < -0.3 is 0 Å². The normalized spacial score (nSPS) is 18.4. The third-order valence-corrected chi connectivity index (χ3v) is 18.8. The van der Waals surface area contributed by atoms with Crippen molar-refractivity contribution in [1.29, 1.82) is 0 Å². The van der Waals surface area contributed by atoms with E-state index in [2.05, 4.69) is 111 Å². The highest BCUT2D eigenvalue weighted by atomic mass is 28.3. The Bertz CT molecular complexity index is 629. The van der Waals surface area contributed by atoms with Gasteiger partial charge in [-0.1, -0.05) is 98.2 Å². The molecule has 0 radical (unpaired) electrons. The maximum Gasteiger partial charge on any atom is 0.178 e. The Morgan fingerprint density at radius 1 is 0.448 bits per heavy atom. The van der Waals surface area contributed by atoms with Crippen molar-refractivity contribution in [3.8, 4) is 0 Å². The van der Waals surface area contributed by atoms with Crippen molar-refractivity contribution in [3.63, 3.8) is 0 Å². The first kappa shape index (κ1) is 27.6. The number of hydrogen-bond acceptors (Lipinski definition) is 0. The van der Waals surface area contributed by atoms with Gasteiger partial charge in [0.25, 0.3) is 0 Å². The molecule has 0 spiro atoms. The molecule has 166 valence electrons. The predicted molar refractivity (Wildman–Crippen MR) is 155 cm³/mol. The minimum Gasteiger partial charge on any atom is -0.173 e. The van der Waals surface area contributed by atoms with Gasteiger partial charge in [0.1, 0.15) is 15.9 Å². The molecule has 6 heteroatoms. The van der Waals surface area contributed by atoms with Crippen molar-refractivity contribution in [2.45, 2.75) is 111 Å². The average molecular weight is 496 g/mol. The summed E-state index contributed by atoms with van der Waals surface area (Å²) in [4.78, 5) is 0. The van der Waals surface area contributed by atoms with Gasteiger partial charge in [0.15, 0.2) is 40.4 Å². The lowest BCUT2D eigenvalue weighted by atomic mass is 10.1. The van der Waals surface area contributed by atoms with Crippen molar-refractivity contribution in [3.05, 3.63) is 31.9 Å². The van der Waals surface area contributed by atoms with Gasteiger partial charge in [0, 0.05) is 0 Å². The highest BCUT2D eigenvalue weighted by Gasteiger charge is 2.63. The van der Waals surface area contributed by atoms with Crippen LogP contribution >= 0.6 is 0 Å². The molecular formula is C23H51Si6+. The second kappa shape index (κ2) is 8.14. The Kier molecular flexibility index (Phi) is 7.73. The van der Waals surface area contributed by atoms with Crippen LogP contribution in [0, 0.1) is 11.1 Å². The third-order valence-electron chi connectivity index (χ3n) is 5.75. The van der Waals surface area contributed by atoms with Crippen LogP contribution in [0.2, 0.25) is 111 Å². The summed E-state index contributed by atoms with van der Waals surface area (Å²) >= 11 is 0. The van der Waals surface area contributed by atoms with Gasteiger partial charge in [-0.15, -0.1) is 8.80 Å². The third kappa shape index (κ3) is 5.86. The Balaban J connectivity index is 4.39. The molecule has 0 fully saturated rings. The quantitative estimate of drug-likeness (QED) is 0.256. The van der Waals surface area contributed by atoms with E-state index in [1.165, 1.54) is 0 Å². The smallest absolute Gasteiger partial charge is 0.173 e. The van der Waals surface area contributed by atoms with Gasteiger partial charge in [0.2, 0.25) is 0 Å². The molecule has 0 bridgehead atoms. The van der Waals surface area contributed by atoms with Crippen LogP contribution in [-0.4, -0.2) is 49.2 Å². The zero-order chi connectivity index (χ0) is 23.5. The number of hydrogen-bond donors (Lipinski definition) is 0. The fraction of sp³-hybridized carbons (Fsp3) is 0.739. The summed E-state index contributed by atoms with van der Waals surface area (Å²) in [7, 11) is -7.96. The first-order valence-corrected chi connectivity index (χ1v) is 31.5. The first-order valence-electron chi connectivity index (χ1n) is 11.5. The van der Waals surface area contributed by atoms with E-state index in [-0.39, 0.29) is 0 Å². The molecule has 0 unspecified atom stereocenters. The highest BCUT2D eigenvalue weighted by Crippen LogP contribution is 2.55. The predicted octanol–water partition coefficient (Wildman–Crippen LogP) is 8.42. The molecule has 0 saturated heterocycles. The molecule has 0 atom stereocenters. The van der Waals surface area contributed by atoms with Gasteiger partial charge in [0.05, 0.1) is 10.4 Å². The topological polar surface area (TPSA) is 0 Å². The maximum atomic E-state index is 2.64. The second-order valence-electron chi connectivity index (χ2n) is 14.5. The Morgan fingerprint density at radius 2 is 0.690 bits per heavy atom. The summed E-state index contributed by atoms with van der Waals surface area (Å²) in [5.41, 5.74) is 3.86. The van der Waals surface area contributed by atoms with E-state index in [9.17, 15) is 0 Å². The first-order chi connectivity index (χ1) is 12.4. The van der Waals surface area contributed by atoms with Crippen molar-refractivity contribution >= 4 is 49.2 Å². The van der Waals surface area contributed by atoms with Gasteiger partial charge in [-0.3, -0.25) is 0 Å². The van der Waals surface area contributed by atoms with Crippen molar-refractivity contribution in [2.75, 3.05) is 0 Å². The van der Waals surface area contributed by atoms with E-state index < -0.39 is 49.2 Å². The number of rotatable bonds is 6. The van der Waals surface area contributed by atoms with E-state index in [0.717, 1.165) is 0 Å². The van der Waals surface area contributed by atoms with Crippen LogP contribution < -0.4 is 0 Å². The van der Waals surface area contributed by atoms with Crippen molar-refractivity contribution in [1.82, 2.24) is 0 Å². The molecule has 1 rings (SSSR count). The zero-order valence-electron chi connectivity index (χ0n) is 23.0. The van der Waals surface area contributed by atoms with Gasteiger partial charge >= 0.3 is 0 Å². The molecule has 0 amide bonds. The fourth-order valence-corrected chi connectivity index (χ4v) is 28.5. The average Bonchev–Trinajstić information content (AvgIpc) is 2.38. The van der Waals surface area contributed by atoms with Crippen molar-refractivity contribution in [2.24, 2.45) is 0 Å². The summed E-state index contributed by atoms with van der Waals surface area (Å²) in [6.45, 7) is 44.7. The molecule has 1 aliphatic carbocycles. The van der Waals surface area contributed by atoms with Crippen LogP contribution in [0.15, 0.2) is 20.8 Å². The molecule has 0 aromatic rings. The SMILES string of the molecule is C[Si-](C)[C+]1C([Si](C)(C)C)=C([Si](C)(C)C)[C+]([Si](C)(C)C)C([Si](C)(C)C)=C1[Si](C)(C)C. The largest absolute Gasteiger partial charge is 0.178 e. The zero-order valence-corrected chi connectivity index (χ0v) is 29.0. The molecule has 0 aromatic heterocycles.